The Morgan fingerprint density at radius 2 is 1.86 bits per heavy atom. The maximum Gasteiger partial charge on any atom is 0.262 e. The van der Waals surface area contributed by atoms with E-state index in [-0.39, 0.29) is 18.3 Å². The molecule has 0 aliphatic carbocycles. The molecule has 2 rings (SSSR count). The third-order valence-corrected chi connectivity index (χ3v) is 2.99. The second-order valence-electron chi connectivity index (χ2n) is 4.43. The fourth-order valence-corrected chi connectivity index (χ4v) is 1.81. The molecule has 2 aromatic rings. The molecule has 1 amide bonds. The Labute approximate surface area is 127 Å². The zero-order chi connectivity index (χ0) is 15.2. The van der Waals surface area contributed by atoms with Gasteiger partial charge in [-0.3, -0.25) is 9.59 Å². The van der Waals surface area contributed by atoms with Crippen LogP contribution in [0.4, 0.5) is 5.69 Å². The van der Waals surface area contributed by atoms with E-state index in [0.717, 1.165) is 0 Å². The minimum atomic E-state index is -0.287. The number of amides is 1. The number of anilines is 1. The first-order valence-electron chi connectivity index (χ1n) is 6.34. The molecule has 108 valence electrons. The van der Waals surface area contributed by atoms with Gasteiger partial charge in [0.05, 0.1) is 0 Å². The van der Waals surface area contributed by atoms with Crippen molar-refractivity contribution in [3.05, 3.63) is 59.1 Å². The predicted molar refractivity (Wildman–Crippen MR) is 82.0 cm³/mol. The van der Waals surface area contributed by atoms with Gasteiger partial charge in [-0.05, 0) is 43.3 Å². The molecule has 0 spiro atoms. The molecule has 0 aromatic heterocycles. The highest BCUT2D eigenvalue weighted by Gasteiger charge is 2.05. The van der Waals surface area contributed by atoms with Crippen molar-refractivity contribution in [2.45, 2.75) is 6.92 Å². The monoisotopic (exact) mass is 303 g/mol. The van der Waals surface area contributed by atoms with Gasteiger partial charge in [0.25, 0.3) is 5.91 Å². The standard InChI is InChI=1S/C16H14ClNO3/c1-11(19)12-3-2-4-15(9-12)21-10-16(20)18-14-7-5-13(17)6-8-14/h2-9H,10H2,1H3,(H,18,20). The molecule has 0 bridgehead atoms. The number of benzene rings is 2. The van der Waals surface area contributed by atoms with E-state index in [9.17, 15) is 9.59 Å². The van der Waals surface area contributed by atoms with Crippen molar-refractivity contribution in [3.8, 4) is 5.75 Å². The molecule has 0 heterocycles. The van der Waals surface area contributed by atoms with Gasteiger partial charge >= 0.3 is 0 Å². The Kier molecular flexibility index (Phi) is 4.95. The van der Waals surface area contributed by atoms with E-state index in [0.29, 0.717) is 22.0 Å². The lowest BCUT2D eigenvalue weighted by molar-refractivity contribution is -0.118. The Morgan fingerprint density at radius 3 is 2.52 bits per heavy atom. The molecule has 0 saturated heterocycles. The minimum absolute atomic E-state index is 0.0499. The van der Waals surface area contributed by atoms with E-state index in [1.54, 1.807) is 48.5 Å². The number of Topliss-reactive ketones (excluding diaryl/α,β-unsaturated/α-hetero) is 1. The summed E-state index contributed by atoms with van der Waals surface area (Å²) < 4.78 is 5.36. The lowest BCUT2D eigenvalue weighted by atomic mass is 10.1. The maximum absolute atomic E-state index is 11.8. The Hall–Kier alpha value is -2.33. The van der Waals surface area contributed by atoms with E-state index in [2.05, 4.69) is 5.32 Å². The third kappa shape index (κ3) is 4.61. The van der Waals surface area contributed by atoms with Crippen LogP contribution in [0.3, 0.4) is 0 Å². The van der Waals surface area contributed by atoms with Gasteiger partial charge in [0.1, 0.15) is 5.75 Å². The van der Waals surface area contributed by atoms with Crippen LogP contribution in [0.15, 0.2) is 48.5 Å². The van der Waals surface area contributed by atoms with Crippen LogP contribution in [0.1, 0.15) is 17.3 Å². The van der Waals surface area contributed by atoms with Crippen LogP contribution in [0, 0.1) is 0 Å². The normalized spacial score (nSPS) is 10.0. The molecule has 0 aliphatic rings. The highest BCUT2D eigenvalue weighted by molar-refractivity contribution is 6.30. The Bertz CT molecular complexity index is 653. The SMILES string of the molecule is CC(=O)c1cccc(OCC(=O)Nc2ccc(Cl)cc2)c1. The molecule has 0 fully saturated rings. The average molecular weight is 304 g/mol. The number of carbonyl (C=O) groups is 2. The zero-order valence-electron chi connectivity index (χ0n) is 11.4. The van der Waals surface area contributed by atoms with Crippen molar-refractivity contribution in [2.75, 3.05) is 11.9 Å². The fourth-order valence-electron chi connectivity index (χ4n) is 1.68. The minimum Gasteiger partial charge on any atom is -0.484 e. The Morgan fingerprint density at radius 1 is 1.14 bits per heavy atom. The van der Waals surface area contributed by atoms with Crippen molar-refractivity contribution < 1.29 is 14.3 Å². The highest BCUT2D eigenvalue weighted by atomic mass is 35.5. The lowest BCUT2D eigenvalue weighted by Gasteiger charge is -2.08. The third-order valence-electron chi connectivity index (χ3n) is 2.74. The summed E-state index contributed by atoms with van der Waals surface area (Å²) in [6, 6.07) is 13.5. The number of ether oxygens (including phenoxy) is 1. The predicted octanol–water partition coefficient (Wildman–Crippen LogP) is 3.56. The van der Waals surface area contributed by atoms with E-state index in [4.69, 9.17) is 16.3 Å². The van der Waals surface area contributed by atoms with Crippen LogP contribution in [0.2, 0.25) is 5.02 Å². The van der Waals surface area contributed by atoms with Crippen molar-refractivity contribution in [1.82, 2.24) is 0 Å². The van der Waals surface area contributed by atoms with Crippen LogP contribution in [-0.2, 0) is 4.79 Å². The first-order valence-corrected chi connectivity index (χ1v) is 6.71. The summed E-state index contributed by atoms with van der Waals surface area (Å²) in [5.74, 6) is 0.144. The van der Waals surface area contributed by atoms with E-state index in [1.807, 2.05) is 0 Å². The van der Waals surface area contributed by atoms with Crippen molar-refractivity contribution in [2.24, 2.45) is 0 Å². The van der Waals surface area contributed by atoms with Crippen molar-refractivity contribution in [3.63, 3.8) is 0 Å². The summed E-state index contributed by atoms with van der Waals surface area (Å²) in [4.78, 5) is 23.0. The van der Waals surface area contributed by atoms with Crippen LogP contribution in [0.5, 0.6) is 5.75 Å². The van der Waals surface area contributed by atoms with Gasteiger partial charge in [0, 0.05) is 16.3 Å². The highest BCUT2D eigenvalue weighted by Crippen LogP contribution is 2.15. The van der Waals surface area contributed by atoms with Gasteiger partial charge in [0.2, 0.25) is 0 Å². The van der Waals surface area contributed by atoms with Gasteiger partial charge in [0.15, 0.2) is 12.4 Å². The number of ketones is 1. The number of hydrogen-bond donors (Lipinski definition) is 1. The molecule has 0 saturated carbocycles. The average Bonchev–Trinajstić information content (AvgIpc) is 2.48. The molecule has 0 unspecified atom stereocenters. The summed E-state index contributed by atoms with van der Waals surface area (Å²) >= 11 is 5.76. The second kappa shape index (κ2) is 6.90. The van der Waals surface area contributed by atoms with Crippen LogP contribution < -0.4 is 10.1 Å². The largest absolute Gasteiger partial charge is 0.484 e. The number of nitrogens with one attached hydrogen (secondary N) is 1. The van der Waals surface area contributed by atoms with Gasteiger partial charge in [-0.1, -0.05) is 23.7 Å². The summed E-state index contributed by atoms with van der Waals surface area (Å²) in [6.07, 6.45) is 0. The van der Waals surface area contributed by atoms with E-state index < -0.39 is 0 Å². The first-order chi connectivity index (χ1) is 10.0. The summed E-state index contributed by atoms with van der Waals surface area (Å²) in [6.45, 7) is 1.34. The van der Waals surface area contributed by atoms with Gasteiger partial charge in [-0.15, -0.1) is 0 Å². The van der Waals surface area contributed by atoms with Crippen LogP contribution >= 0.6 is 11.6 Å². The first kappa shape index (κ1) is 15.1. The molecule has 4 nitrogen and oxygen atoms in total. The molecular formula is C16H14ClNO3. The number of rotatable bonds is 5. The topological polar surface area (TPSA) is 55.4 Å². The molecule has 21 heavy (non-hydrogen) atoms. The molecule has 0 aliphatic heterocycles. The summed E-state index contributed by atoms with van der Waals surface area (Å²) in [5, 5.41) is 3.29. The number of carbonyl (C=O) groups excluding carboxylic acids is 2. The van der Waals surface area contributed by atoms with Crippen molar-refractivity contribution in [1.29, 1.82) is 0 Å². The van der Waals surface area contributed by atoms with Crippen LogP contribution in [0.25, 0.3) is 0 Å². The van der Waals surface area contributed by atoms with Crippen LogP contribution in [-0.4, -0.2) is 18.3 Å². The number of hydrogen-bond acceptors (Lipinski definition) is 3. The Balaban J connectivity index is 1.90. The lowest BCUT2D eigenvalue weighted by Crippen LogP contribution is -2.20. The van der Waals surface area contributed by atoms with Gasteiger partial charge in [-0.2, -0.15) is 0 Å². The second-order valence-corrected chi connectivity index (χ2v) is 4.86. The summed E-state index contributed by atoms with van der Waals surface area (Å²) in [7, 11) is 0. The number of halogens is 1. The molecule has 1 N–H and O–H groups in total. The van der Waals surface area contributed by atoms with E-state index >= 15 is 0 Å². The summed E-state index contributed by atoms with van der Waals surface area (Å²) in [5.41, 5.74) is 1.19. The van der Waals surface area contributed by atoms with Crippen molar-refractivity contribution >= 4 is 29.0 Å². The molecular weight excluding hydrogens is 290 g/mol. The van der Waals surface area contributed by atoms with Gasteiger partial charge < -0.3 is 10.1 Å². The van der Waals surface area contributed by atoms with Gasteiger partial charge in [-0.25, -0.2) is 0 Å². The molecule has 0 radical (unpaired) electrons. The van der Waals surface area contributed by atoms with E-state index in [1.165, 1.54) is 6.92 Å². The molecule has 2 aromatic carbocycles. The quantitative estimate of drug-likeness (QED) is 0.859. The smallest absolute Gasteiger partial charge is 0.262 e. The molecule has 5 heteroatoms. The fraction of sp³-hybridized carbons (Fsp3) is 0.125. The molecule has 0 atom stereocenters. The zero-order valence-corrected chi connectivity index (χ0v) is 12.2. The maximum atomic E-state index is 11.8.